The highest BCUT2D eigenvalue weighted by Crippen LogP contribution is 2.29. The van der Waals surface area contributed by atoms with Crippen LogP contribution < -0.4 is 16.0 Å². The van der Waals surface area contributed by atoms with E-state index in [0.717, 1.165) is 71.6 Å². The van der Waals surface area contributed by atoms with Gasteiger partial charge in [-0.05, 0) is 52.6 Å². The lowest BCUT2D eigenvalue weighted by molar-refractivity contribution is 0.0322. The van der Waals surface area contributed by atoms with Gasteiger partial charge in [-0.1, -0.05) is 54.6 Å². The molecule has 1 aliphatic heterocycles. The van der Waals surface area contributed by atoms with Gasteiger partial charge in [0.25, 0.3) is 5.56 Å². The van der Waals surface area contributed by atoms with Crippen LogP contribution in [0.5, 0.6) is 5.75 Å². The zero-order chi connectivity index (χ0) is 31.6. The molecule has 0 N–H and O–H groups in total. The van der Waals surface area contributed by atoms with Crippen molar-refractivity contribution >= 4 is 21.8 Å². The van der Waals surface area contributed by atoms with Gasteiger partial charge < -0.3 is 9.47 Å². The number of fused-ring (bicyclic) bond motifs is 2. The molecular formula is C36H36N6O4. The fourth-order valence-corrected chi connectivity index (χ4v) is 6.28. The largest absolute Gasteiger partial charge is 0.492 e. The number of hydrogen-bond acceptors (Lipinski definition) is 7. The molecule has 234 valence electrons. The van der Waals surface area contributed by atoms with Crippen LogP contribution in [0.15, 0.2) is 94.8 Å². The fraction of sp³-hybridized carbons (Fsp3) is 0.278. The van der Waals surface area contributed by atoms with Crippen LogP contribution >= 0.6 is 0 Å². The van der Waals surface area contributed by atoms with E-state index in [9.17, 15) is 9.59 Å². The predicted octanol–water partition coefficient (Wildman–Crippen LogP) is 4.23. The van der Waals surface area contributed by atoms with Crippen LogP contribution in [0.1, 0.15) is 16.7 Å². The van der Waals surface area contributed by atoms with E-state index in [2.05, 4.69) is 34.1 Å². The molecule has 1 fully saturated rings. The van der Waals surface area contributed by atoms with E-state index in [1.165, 1.54) is 11.6 Å². The Kier molecular flexibility index (Phi) is 8.21. The van der Waals surface area contributed by atoms with Crippen molar-refractivity contribution in [3.8, 4) is 17.0 Å². The Labute approximate surface area is 266 Å². The molecule has 46 heavy (non-hydrogen) atoms. The number of rotatable bonds is 9. The van der Waals surface area contributed by atoms with Crippen LogP contribution in [0.2, 0.25) is 0 Å². The highest BCUT2D eigenvalue weighted by molar-refractivity contribution is 5.91. The van der Waals surface area contributed by atoms with Crippen molar-refractivity contribution in [2.24, 2.45) is 7.05 Å². The molecule has 0 aliphatic carbocycles. The monoisotopic (exact) mass is 616 g/mol. The zero-order valence-electron chi connectivity index (χ0n) is 26.1. The Hall–Kier alpha value is -5.06. The average molecular weight is 617 g/mol. The van der Waals surface area contributed by atoms with Gasteiger partial charge in [-0.15, -0.1) is 0 Å². The van der Waals surface area contributed by atoms with Gasteiger partial charge in [-0.2, -0.15) is 5.10 Å². The van der Waals surface area contributed by atoms with E-state index < -0.39 is 5.69 Å². The molecule has 4 heterocycles. The van der Waals surface area contributed by atoms with Crippen molar-refractivity contribution in [1.82, 2.24) is 28.8 Å². The topological polar surface area (TPSA) is 96.4 Å². The first kappa shape index (κ1) is 29.6. The minimum absolute atomic E-state index is 0.233. The summed E-state index contributed by atoms with van der Waals surface area (Å²) in [6.45, 7) is 7.34. The molecule has 10 heteroatoms. The summed E-state index contributed by atoms with van der Waals surface area (Å²) in [7, 11) is 1.52. The molecular weight excluding hydrogens is 580 g/mol. The third-order valence-corrected chi connectivity index (χ3v) is 8.87. The Balaban J connectivity index is 1.31. The molecule has 10 nitrogen and oxygen atoms in total. The number of morpholine rings is 1. The van der Waals surface area contributed by atoms with E-state index in [0.29, 0.717) is 29.9 Å². The van der Waals surface area contributed by atoms with Crippen LogP contribution in [0.25, 0.3) is 33.1 Å². The summed E-state index contributed by atoms with van der Waals surface area (Å²) < 4.78 is 16.3. The predicted molar refractivity (Wildman–Crippen MR) is 179 cm³/mol. The van der Waals surface area contributed by atoms with E-state index in [1.807, 2.05) is 60.1 Å². The highest BCUT2D eigenvalue weighted by Gasteiger charge is 2.23. The Morgan fingerprint density at radius 3 is 2.43 bits per heavy atom. The molecule has 1 saturated heterocycles. The first-order chi connectivity index (χ1) is 22.5. The molecule has 3 aromatic heterocycles. The number of nitrogens with zero attached hydrogens (tertiary/aromatic N) is 6. The van der Waals surface area contributed by atoms with Crippen LogP contribution in [0.4, 0.5) is 0 Å². The lowest BCUT2D eigenvalue weighted by atomic mass is 10.0. The zero-order valence-corrected chi connectivity index (χ0v) is 26.1. The first-order valence-corrected chi connectivity index (χ1v) is 15.6. The molecule has 0 bridgehead atoms. The number of ether oxygens (including phenoxy) is 2. The molecule has 0 radical (unpaired) electrons. The van der Waals surface area contributed by atoms with E-state index >= 15 is 0 Å². The smallest absolute Gasteiger partial charge is 0.332 e. The SMILES string of the molecule is Cc1c(Cn2c(=O)n(C)c(=O)c3c(-c4ccncc4)n(Cc4cccc5ccccc45)nc32)cccc1OCCN1CCOCC1. The molecule has 0 unspecified atom stereocenters. The van der Waals surface area contributed by atoms with Gasteiger partial charge in [0, 0.05) is 44.6 Å². The first-order valence-electron chi connectivity index (χ1n) is 15.6. The van der Waals surface area contributed by atoms with E-state index in [-0.39, 0.29) is 12.1 Å². The van der Waals surface area contributed by atoms with Crippen LogP contribution in [-0.4, -0.2) is 68.3 Å². The summed E-state index contributed by atoms with van der Waals surface area (Å²) in [5.41, 5.74) is 3.91. The van der Waals surface area contributed by atoms with Gasteiger partial charge >= 0.3 is 5.69 Å². The standard InChI is InChI=1S/C36H36N6O4/c1-25-28(9-6-12-31(25)46-22-19-40-17-20-45-21-18-40)23-41-34-32(35(43)39(2)36(41)44)33(27-13-15-37-16-14-27)42(38-34)24-29-10-5-8-26-7-3-4-11-30(26)29/h3-16H,17-24H2,1-2H3. The summed E-state index contributed by atoms with van der Waals surface area (Å²) in [5.74, 6) is 0.777. The van der Waals surface area contributed by atoms with Crippen LogP contribution in [0.3, 0.4) is 0 Å². The molecule has 7 rings (SSSR count). The van der Waals surface area contributed by atoms with E-state index in [1.54, 1.807) is 17.0 Å². The Bertz CT molecular complexity index is 2140. The second-order valence-electron chi connectivity index (χ2n) is 11.7. The number of hydrogen-bond donors (Lipinski definition) is 0. The van der Waals surface area contributed by atoms with Gasteiger partial charge in [0.05, 0.1) is 32.0 Å². The second kappa shape index (κ2) is 12.7. The fourth-order valence-electron chi connectivity index (χ4n) is 6.28. The Morgan fingerprint density at radius 2 is 1.61 bits per heavy atom. The lowest BCUT2D eigenvalue weighted by Crippen LogP contribution is -2.38. The van der Waals surface area contributed by atoms with Crippen molar-refractivity contribution in [2.45, 2.75) is 20.0 Å². The second-order valence-corrected chi connectivity index (χ2v) is 11.7. The molecule has 1 aliphatic rings. The maximum Gasteiger partial charge on any atom is 0.332 e. The van der Waals surface area contributed by atoms with Crippen molar-refractivity contribution < 1.29 is 9.47 Å². The normalized spacial score (nSPS) is 13.9. The van der Waals surface area contributed by atoms with Gasteiger partial charge in [-0.3, -0.25) is 28.5 Å². The third kappa shape index (κ3) is 5.61. The summed E-state index contributed by atoms with van der Waals surface area (Å²) >= 11 is 0. The lowest BCUT2D eigenvalue weighted by Gasteiger charge is -2.26. The van der Waals surface area contributed by atoms with Crippen LogP contribution in [-0.2, 0) is 24.9 Å². The minimum atomic E-state index is -0.424. The molecule has 0 saturated carbocycles. The minimum Gasteiger partial charge on any atom is -0.492 e. The van der Waals surface area contributed by atoms with Gasteiger partial charge in [0.1, 0.15) is 17.7 Å². The summed E-state index contributed by atoms with van der Waals surface area (Å²) in [5, 5.41) is 7.63. The number of pyridine rings is 1. The summed E-state index contributed by atoms with van der Waals surface area (Å²) in [6, 6.07) is 24.0. The van der Waals surface area contributed by atoms with E-state index in [4.69, 9.17) is 14.6 Å². The summed E-state index contributed by atoms with van der Waals surface area (Å²) in [4.78, 5) is 34.1. The molecule has 0 amide bonds. The van der Waals surface area contributed by atoms with Crippen molar-refractivity contribution in [2.75, 3.05) is 39.5 Å². The quantitative estimate of drug-likeness (QED) is 0.240. The van der Waals surface area contributed by atoms with Crippen molar-refractivity contribution in [3.63, 3.8) is 0 Å². The molecule has 0 atom stereocenters. The summed E-state index contributed by atoms with van der Waals surface area (Å²) in [6.07, 6.45) is 3.40. The number of benzene rings is 3. The van der Waals surface area contributed by atoms with Crippen molar-refractivity contribution in [1.29, 1.82) is 0 Å². The average Bonchev–Trinajstić information content (AvgIpc) is 3.47. The third-order valence-electron chi connectivity index (χ3n) is 8.87. The Morgan fingerprint density at radius 1 is 0.870 bits per heavy atom. The van der Waals surface area contributed by atoms with Gasteiger partial charge in [0.2, 0.25) is 0 Å². The van der Waals surface area contributed by atoms with Crippen molar-refractivity contribution in [3.05, 3.63) is 123 Å². The molecule has 0 spiro atoms. The van der Waals surface area contributed by atoms with Gasteiger partial charge in [0.15, 0.2) is 5.65 Å². The highest BCUT2D eigenvalue weighted by atomic mass is 16.5. The maximum atomic E-state index is 13.8. The molecule has 3 aromatic carbocycles. The molecule has 6 aromatic rings. The number of aromatic nitrogens is 5. The van der Waals surface area contributed by atoms with Gasteiger partial charge in [-0.25, -0.2) is 4.79 Å². The maximum absolute atomic E-state index is 13.8. The van der Waals surface area contributed by atoms with Crippen LogP contribution in [0, 0.1) is 6.92 Å².